The Kier molecular flexibility index (Phi) is 4.85. The Morgan fingerprint density at radius 3 is 2.71 bits per heavy atom. The van der Waals surface area contributed by atoms with Crippen molar-refractivity contribution < 1.29 is 4.79 Å². The van der Waals surface area contributed by atoms with Gasteiger partial charge in [-0.2, -0.15) is 0 Å². The summed E-state index contributed by atoms with van der Waals surface area (Å²) in [6, 6.07) is 6.20. The molecule has 1 amide bonds. The topological polar surface area (TPSA) is 61.6 Å². The largest absolute Gasteiger partial charge is 0.397 e. The highest BCUT2D eigenvalue weighted by Gasteiger charge is 2.31. The molecule has 1 aromatic rings. The van der Waals surface area contributed by atoms with Crippen molar-refractivity contribution in [1.29, 1.82) is 0 Å². The number of amides is 1. The number of rotatable bonds is 4. The summed E-state index contributed by atoms with van der Waals surface area (Å²) < 4.78 is 0. The van der Waals surface area contributed by atoms with E-state index in [0.717, 1.165) is 18.7 Å². The van der Waals surface area contributed by atoms with Crippen LogP contribution in [0.25, 0.3) is 0 Å². The summed E-state index contributed by atoms with van der Waals surface area (Å²) in [6.07, 6.45) is 0. The van der Waals surface area contributed by atoms with Crippen LogP contribution in [-0.2, 0) is 4.79 Å². The molecule has 1 saturated heterocycles. The van der Waals surface area contributed by atoms with Crippen LogP contribution in [0.2, 0.25) is 0 Å². The number of nitrogens with two attached hydrogens (primary N) is 1. The second-order valence-electron chi connectivity index (χ2n) is 6.34. The fourth-order valence-electron chi connectivity index (χ4n) is 3.04. The number of aryl methyl sites for hydroxylation is 1. The third-order valence-electron chi connectivity index (χ3n) is 4.16. The van der Waals surface area contributed by atoms with Gasteiger partial charge in [0.2, 0.25) is 5.91 Å². The van der Waals surface area contributed by atoms with Gasteiger partial charge in [-0.1, -0.05) is 13.0 Å². The van der Waals surface area contributed by atoms with Gasteiger partial charge in [-0.05, 0) is 44.6 Å². The normalized spacial score (nSPS) is 22.7. The van der Waals surface area contributed by atoms with Gasteiger partial charge in [0.05, 0.1) is 17.9 Å². The standard InChI is InChI=1S/C16H26N4O/c1-11-5-6-14(13(17)7-11)18-16(21)10-20-8-12(2)15(9-20)19(3)4/h5-7,12,15H,8-10,17H2,1-4H3,(H,18,21). The van der Waals surface area contributed by atoms with E-state index in [1.165, 1.54) is 0 Å². The van der Waals surface area contributed by atoms with E-state index >= 15 is 0 Å². The lowest BCUT2D eigenvalue weighted by molar-refractivity contribution is -0.117. The predicted octanol–water partition coefficient (Wildman–Crippen LogP) is 1.40. The molecule has 2 rings (SSSR count). The smallest absolute Gasteiger partial charge is 0.238 e. The fourth-order valence-corrected chi connectivity index (χ4v) is 3.04. The molecule has 1 fully saturated rings. The molecular weight excluding hydrogens is 264 g/mol. The van der Waals surface area contributed by atoms with Crippen molar-refractivity contribution in [2.75, 3.05) is 44.8 Å². The van der Waals surface area contributed by atoms with Gasteiger partial charge in [0.15, 0.2) is 0 Å². The molecule has 5 nitrogen and oxygen atoms in total. The van der Waals surface area contributed by atoms with E-state index in [-0.39, 0.29) is 5.91 Å². The van der Waals surface area contributed by atoms with Crippen molar-refractivity contribution in [3.8, 4) is 0 Å². The Hall–Kier alpha value is -1.59. The zero-order chi connectivity index (χ0) is 15.6. The first-order chi connectivity index (χ1) is 9.86. The lowest BCUT2D eigenvalue weighted by Gasteiger charge is -2.22. The molecule has 0 spiro atoms. The maximum absolute atomic E-state index is 12.2. The summed E-state index contributed by atoms with van der Waals surface area (Å²) in [6.45, 7) is 6.53. The third-order valence-corrected chi connectivity index (χ3v) is 4.16. The van der Waals surface area contributed by atoms with E-state index in [9.17, 15) is 4.79 Å². The predicted molar refractivity (Wildman–Crippen MR) is 87.3 cm³/mol. The molecule has 2 atom stereocenters. The maximum atomic E-state index is 12.2. The maximum Gasteiger partial charge on any atom is 0.238 e. The van der Waals surface area contributed by atoms with E-state index < -0.39 is 0 Å². The highest BCUT2D eigenvalue weighted by molar-refractivity contribution is 5.95. The van der Waals surface area contributed by atoms with Gasteiger partial charge in [-0.15, -0.1) is 0 Å². The van der Waals surface area contributed by atoms with Gasteiger partial charge in [-0.25, -0.2) is 0 Å². The number of carbonyl (C=O) groups excluding carboxylic acids is 1. The summed E-state index contributed by atoms with van der Waals surface area (Å²) in [4.78, 5) is 16.6. The number of nitrogen functional groups attached to an aromatic ring is 1. The second kappa shape index (κ2) is 6.45. The highest BCUT2D eigenvalue weighted by atomic mass is 16.2. The third kappa shape index (κ3) is 3.95. The van der Waals surface area contributed by atoms with Crippen LogP contribution in [-0.4, -0.2) is 55.5 Å². The van der Waals surface area contributed by atoms with Gasteiger partial charge in [-0.3, -0.25) is 9.69 Å². The zero-order valence-electron chi connectivity index (χ0n) is 13.4. The Morgan fingerprint density at radius 1 is 1.43 bits per heavy atom. The molecule has 5 heteroatoms. The van der Waals surface area contributed by atoms with Crippen LogP contribution in [0.15, 0.2) is 18.2 Å². The molecule has 0 aromatic heterocycles. The number of likely N-dealkylation sites (tertiary alicyclic amines) is 1. The average Bonchev–Trinajstić information content (AvgIpc) is 2.74. The number of benzene rings is 1. The van der Waals surface area contributed by atoms with Gasteiger partial charge in [0, 0.05) is 19.1 Å². The first-order valence-electron chi connectivity index (χ1n) is 7.41. The Balaban J connectivity index is 1.91. The average molecular weight is 290 g/mol. The molecule has 0 bridgehead atoms. The number of hydrogen-bond acceptors (Lipinski definition) is 4. The molecular formula is C16H26N4O. The number of anilines is 2. The molecule has 1 heterocycles. The molecule has 116 valence electrons. The van der Waals surface area contributed by atoms with Crippen molar-refractivity contribution in [3.05, 3.63) is 23.8 Å². The minimum atomic E-state index is -0.00263. The molecule has 3 N–H and O–H groups in total. The van der Waals surface area contributed by atoms with Crippen molar-refractivity contribution >= 4 is 17.3 Å². The van der Waals surface area contributed by atoms with Crippen LogP contribution in [0.3, 0.4) is 0 Å². The van der Waals surface area contributed by atoms with Crippen molar-refractivity contribution in [2.45, 2.75) is 19.9 Å². The van der Waals surface area contributed by atoms with E-state index in [1.54, 1.807) is 0 Å². The van der Waals surface area contributed by atoms with Gasteiger partial charge in [0.1, 0.15) is 0 Å². The van der Waals surface area contributed by atoms with Crippen molar-refractivity contribution in [2.24, 2.45) is 5.92 Å². The van der Waals surface area contributed by atoms with Crippen LogP contribution in [0, 0.1) is 12.8 Å². The highest BCUT2D eigenvalue weighted by Crippen LogP contribution is 2.21. The first kappa shape index (κ1) is 15.8. The molecule has 1 aliphatic heterocycles. The van der Waals surface area contributed by atoms with E-state index in [1.807, 2.05) is 25.1 Å². The summed E-state index contributed by atoms with van der Waals surface area (Å²) >= 11 is 0. The molecule has 0 aliphatic carbocycles. The lowest BCUT2D eigenvalue weighted by Crippen LogP contribution is -2.36. The molecule has 1 aliphatic rings. The van der Waals surface area contributed by atoms with Crippen molar-refractivity contribution in [3.63, 3.8) is 0 Å². The van der Waals surface area contributed by atoms with E-state index in [0.29, 0.717) is 29.9 Å². The quantitative estimate of drug-likeness (QED) is 0.823. The molecule has 21 heavy (non-hydrogen) atoms. The van der Waals surface area contributed by atoms with Crippen LogP contribution < -0.4 is 11.1 Å². The van der Waals surface area contributed by atoms with Crippen LogP contribution >= 0.6 is 0 Å². The van der Waals surface area contributed by atoms with E-state index in [4.69, 9.17) is 5.73 Å². The minimum absolute atomic E-state index is 0.00263. The number of hydrogen-bond donors (Lipinski definition) is 2. The minimum Gasteiger partial charge on any atom is -0.397 e. The van der Waals surface area contributed by atoms with Gasteiger partial charge in [0.25, 0.3) is 0 Å². The van der Waals surface area contributed by atoms with Gasteiger partial charge >= 0.3 is 0 Å². The summed E-state index contributed by atoms with van der Waals surface area (Å²) in [7, 11) is 4.19. The molecule has 2 unspecified atom stereocenters. The Bertz CT molecular complexity index is 515. The molecule has 1 aromatic carbocycles. The zero-order valence-corrected chi connectivity index (χ0v) is 13.4. The SMILES string of the molecule is Cc1ccc(NC(=O)CN2CC(C)C(N(C)C)C2)c(N)c1. The summed E-state index contributed by atoms with van der Waals surface area (Å²) in [5.41, 5.74) is 8.33. The molecule has 0 radical (unpaired) electrons. The van der Waals surface area contributed by atoms with Crippen LogP contribution in [0.1, 0.15) is 12.5 Å². The fraction of sp³-hybridized carbons (Fsp3) is 0.562. The summed E-state index contributed by atoms with van der Waals surface area (Å²) in [5, 5.41) is 2.90. The van der Waals surface area contributed by atoms with Gasteiger partial charge < -0.3 is 16.0 Å². The first-order valence-corrected chi connectivity index (χ1v) is 7.41. The monoisotopic (exact) mass is 290 g/mol. The van der Waals surface area contributed by atoms with E-state index in [2.05, 4.69) is 36.1 Å². The lowest BCUT2D eigenvalue weighted by atomic mass is 10.1. The second-order valence-corrected chi connectivity index (χ2v) is 6.34. The molecule has 0 saturated carbocycles. The van der Waals surface area contributed by atoms with Crippen LogP contribution in [0.4, 0.5) is 11.4 Å². The number of likely N-dealkylation sites (N-methyl/N-ethyl adjacent to an activating group) is 1. The summed E-state index contributed by atoms with van der Waals surface area (Å²) in [5.74, 6) is 0.578. The number of nitrogens with zero attached hydrogens (tertiary/aromatic N) is 2. The Labute approximate surface area is 127 Å². The van der Waals surface area contributed by atoms with Crippen LogP contribution in [0.5, 0.6) is 0 Å². The Morgan fingerprint density at radius 2 is 2.14 bits per heavy atom. The van der Waals surface area contributed by atoms with Crippen molar-refractivity contribution in [1.82, 2.24) is 9.80 Å². The number of nitrogens with one attached hydrogen (secondary N) is 1. The number of carbonyl (C=O) groups is 1.